The highest BCUT2D eigenvalue weighted by Crippen LogP contribution is 2.37. The fourth-order valence-corrected chi connectivity index (χ4v) is 5.66. The number of hydrogen-bond donors (Lipinski definition) is 4. The fourth-order valence-electron chi connectivity index (χ4n) is 4.47. The second-order valence-corrected chi connectivity index (χ2v) is 11.9. The summed E-state index contributed by atoms with van der Waals surface area (Å²) in [5.41, 5.74) is 2.07. The molecule has 1 atom stereocenters. The monoisotopic (exact) mass is 679 g/mol. The molecule has 11 heteroatoms. The first kappa shape index (κ1) is 33.6. The highest BCUT2D eigenvalue weighted by Gasteiger charge is 2.24. The number of halogens is 2. The zero-order valence-electron chi connectivity index (χ0n) is 25.0. The van der Waals surface area contributed by atoms with E-state index in [-0.39, 0.29) is 22.0 Å². The predicted molar refractivity (Wildman–Crippen MR) is 185 cm³/mol. The Balaban J connectivity index is 1.34. The molecule has 0 heterocycles. The highest BCUT2D eigenvalue weighted by molar-refractivity contribution is 8.00. The standard InChI is InChI=1S/C37H27ClFN3O5S/c38-30-20-13-26(37(46)47)22-31(30)41-36(45)33(24-7-3-1-4-8-24)48-29-18-16-28(17-19-29)40-35(44)32(21-23-11-14-27(39)15-12-23)42-34(43)25-9-5-2-6-10-25/h1-22,33H,(H,40,44)(H,41,45)(H,42,43)(H,46,47)/b32-21-. The summed E-state index contributed by atoms with van der Waals surface area (Å²) in [7, 11) is 0. The van der Waals surface area contributed by atoms with E-state index >= 15 is 0 Å². The molecule has 5 aromatic carbocycles. The topological polar surface area (TPSA) is 125 Å². The van der Waals surface area contributed by atoms with Gasteiger partial charge in [-0.25, -0.2) is 9.18 Å². The summed E-state index contributed by atoms with van der Waals surface area (Å²) in [6.07, 6.45) is 1.45. The molecule has 0 spiro atoms. The van der Waals surface area contributed by atoms with Gasteiger partial charge in [0.15, 0.2) is 0 Å². The molecule has 0 saturated heterocycles. The van der Waals surface area contributed by atoms with E-state index in [0.717, 1.165) is 0 Å². The lowest BCUT2D eigenvalue weighted by Crippen LogP contribution is -2.30. The van der Waals surface area contributed by atoms with Crippen molar-refractivity contribution in [3.05, 3.63) is 166 Å². The second kappa shape index (κ2) is 15.7. The molecule has 0 aliphatic carbocycles. The maximum Gasteiger partial charge on any atom is 0.335 e. The molecule has 5 aromatic rings. The van der Waals surface area contributed by atoms with Crippen LogP contribution in [-0.2, 0) is 9.59 Å². The largest absolute Gasteiger partial charge is 0.478 e. The van der Waals surface area contributed by atoms with Gasteiger partial charge < -0.3 is 21.1 Å². The molecule has 5 rings (SSSR count). The number of carboxylic acid groups (broad SMARTS) is 1. The van der Waals surface area contributed by atoms with Crippen molar-refractivity contribution in [2.24, 2.45) is 0 Å². The number of amides is 3. The molecular weight excluding hydrogens is 653 g/mol. The first-order valence-electron chi connectivity index (χ1n) is 14.5. The quantitative estimate of drug-likeness (QED) is 0.0827. The van der Waals surface area contributed by atoms with Crippen LogP contribution in [0.5, 0.6) is 0 Å². The number of carbonyl (C=O) groups excluding carboxylic acids is 3. The Morgan fingerprint density at radius 1 is 0.750 bits per heavy atom. The number of carboxylic acids is 1. The number of anilines is 2. The Kier molecular flexibility index (Phi) is 11.0. The third-order valence-electron chi connectivity index (χ3n) is 6.89. The molecule has 0 radical (unpaired) electrons. The van der Waals surface area contributed by atoms with Gasteiger partial charge in [0.05, 0.1) is 16.3 Å². The molecule has 4 N–H and O–H groups in total. The summed E-state index contributed by atoms with van der Waals surface area (Å²) < 4.78 is 13.5. The lowest BCUT2D eigenvalue weighted by molar-refractivity contribution is -0.116. The number of carbonyl (C=O) groups is 4. The Morgan fingerprint density at radius 3 is 2.04 bits per heavy atom. The molecule has 48 heavy (non-hydrogen) atoms. The van der Waals surface area contributed by atoms with Crippen LogP contribution in [0.1, 0.15) is 37.1 Å². The van der Waals surface area contributed by atoms with Crippen LogP contribution in [0.15, 0.2) is 138 Å². The van der Waals surface area contributed by atoms with E-state index in [4.69, 9.17) is 11.6 Å². The van der Waals surface area contributed by atoms with E-state index in [1.54, 1.807) is 78.9 Å². The number of rotatable bonds is 11. The van der Waals surface area contributed by atoms with Crippen molar-refractivity contribution in [2.75, 3.05) is 10.6 Å². The Labute approximate surface area is 284 Å². The highest BCUT2D eigenvalue weighted by atomic mass is 35.5. The predicted octanol–water partition coefficient (Wildman–Crippen LogP) is 8.06. The Morgan fingerprint density at radius 2 is 1.40 bits per heavy atom. The molecular formula is C37H27ClFN3O5S. The average Bonchev–Trinajstić information content (AvgIpc) is 3.10. The van der Waals surface area contributed by atoms with Crippen molar-refractivity contribution >= 4 is 64.5 Å². The Bertz CT molecular complexity index is 1970. The normalized spacial score (nSPS) is 11.7. The maximum atomic E-state index is 13.5. The molecule has 0 aliphatic rings. The minimum Gasteiger partial charge on any atom is -0.478 e. The van der Waals surface area contributed by atoms with Crippen molar-refractivity contribution < 1.29 is 28.7 Å². The van der Waals surface area contributed by atoms with Gasteiger partial charge in [0.2, 0.25) is 5.91 Å². The van der Waals surface area contributed by atoms with E-state index in [1.165, 1.54) is 60.3 Å². The van der Waals surface area contributed by atoms with Crippen molar-refractivity contribution in [3.8, 4) is 0 Å². The number of hydrogen-bond acceptors (Lipinski definition) is 5. The summed E-state index contributed by atoms with van der Waals surface area (Å²) in [4.78, 5) is 52.0. The maximum absolute atomic E-state index is 13.5. The summed E-state index contributed by atoms with van der Waals surface area (Å²) in [5, 5.41) is 17.0. The van der Waals surface area contributed by atoms with Crippen LogP contribution >= 0.6 is 23.4 Å². The summed E-state index contributed by atoms with van der Waals surface area (Å²) in [5.74, 6) is -3.11. The zero-order valence-corrected chi connectivity index (χ0v) is 26.6. The lowest BCUT2D eigenvalue weighted by atomic mass is 10.1. The molecule has 8 nitrogen and oxygen atoms in total. The summed E-state index contributed by atoms with van der Waals surface area (Å²) >= 11 is 7.50. The minimum absolute atomic E-state index is 0.0217. The summed E-state index contributed by atoms with van der Waals surface area (Å²) in [6.45, 7) is 0. The second-order valence-electron chi connectivity index (χ2n) is 10.3. The first-order chi connectivity index (χ1) is 23.2. The van der Waals surface area contributed by atoms with Gasteiger partial charge in [0, 0.05) is 16.1 Å². The van der Waals surface area contributed by atoms with Crippen LogP contribution in [0.4, 0.5) is 15.8 Å². The number of thioether (sulfide) groups is 1. The molecule has 0 aliphatic heterocycles. The van der Waals surface area contributed by atoms with Crippen LogP contribution in [0.3, 0.4) is 0 Å². The van der Waals surface area contributed by atoms with Gasteiger partial charge in [-0.2, -0.15) is 0 Å². The van der Waals surface area contributed by atoms with Gasteiger partial charge in [0.1, 0.15) is 16.8 Å². The van der Waals surface area contributed by atoms with Crippen LogP contribution in [-0.4, -0.2) is 28.8 Å². The van der Waals surface area contributed by atoms with Crippen LogP contribution in [0.25, 0.3) is 6.08 Å². The third kappa shape index (κ3) is 8.97. The number of benzene rings is 5. The molecule has 3 amide bonds. The average molecular weight is 680 g/mol. The smallest absolute Gasteiger partial charge is 0.335 e. The van der Waals surface area contributed by atoms with Crippen molar-refractivity contribution in [1.29, 1.82) is 0 Å². The van der Waals surface area contributed by atoms with Crippen molar-refractivity contribution in [1.82, 2.24) is 5.32 Å². The summed E-state index contributed by atoms with van der Waals surface area (Å²) in [6, 6.07) is 33.8. The van der Waals surface area contributed by atoms with Gasteiger partial charge in [-0.1, -0.05) is 72.3 Å². The van der Waals surface area contributed by atoms with Gasteiger partial charge in [0.25, 0.3) is 11.8 Å². The zero-order chi connectivity index (χ0) is 34.0. The van der Waals surface area contributed by atoms with Crippen LogP contribution < -0.4 is 16.0 Å². The molecule has 240 valence electrons. The lowest BCUT2D eigenvalue weighted by Gasteiger charge is -2.18. The van der Waals surface area contributed by atoms with Crippen molar-refractivity contribution in [2.45, 2.75) is 10.1 Å². The van der Waals surface area contributed by atoms with Crippen LogP contribution in [0.2, 0.25) is 5.02 Å². The Hall–Kier alpha value is -5.71. The molecule has 0 fully saturated rings. The van der Waals surface area contributed by atoms with E-state index in [0.29, 0.717) is 27.3 Å². The van der Waals surface area contributed by atoms with Crippen molar-refractivity contribution in [3.63, 3.8) is 0 Å². The van der Waals surface area contributed by atoms with E-state index in [2.05, 4.69) is 16.0 Å². The number of aromatic carboxylic acids is 1. The van der Waals surface area contributed by atoms with Gasteiger partial charge in [-0.05, 0) is 83.9 Å². The fraction of sp³-hybridized carbons (Fsp3) is 0.0270. The minimum atomic E-state index is -1.15. The molecule has 0 aromatic heterocycles. The number of nitrogens with one attached hydrogen (secondary N) is 3. The van der Waals surface area contributed by atoms with Crippen LogP contribution in [0, 0.1) is 5.82 Å². The van der Waals surface area contributed by atoms with E-state index in [1.807, 2.05) is 6.07 Å². The third-order valence-corrected chi connectivity index (χ3v) is 8.48. The molecule has 1 unspecified atom stereocenters. The van der Waals surface area contributed by atoms with Gasteiger partial charge in [-0.15, -0.1) is 11.8 Å². The first-order valence-corrected chi connectivity index (χ1v) is 15.7. The SMILES string of the molecule is O=C(Nc1ccc(SC(C(=O)Nc2cc(C(=O)O)ccc2Cl)c2ccccc2)cc1)/C(=C/c1ccc(F)cc1)NC(=O)c1ccccc1. The molecule has 0 saturated carbocycles. The van der Waals surface area contributed by atoms with Gasteiger partial charge in [-0.3, -0.25) is 14.4 Å². The van der Waals surface area contributed by atoms with Gasteiger partial charge >= 0.3 is 5.97 Å². The van der Waals surface area contributed by atoms with E-state index in [9.17, 15) is 28.7 Å². The molecule has 0 bridgehead atoms. The van der Waals surface area contributed by atoms with E-state index < -0.39 is 34.8 Å².